The van der Waals surface area contributed by atoms with Crippen LogP contribution in [0.1, 0.15) is 54.8 Å². The van der Waals surface area contributed by atoms with E-state index < -0.39 is 0 Å². The summed E-state index contributed by atoms with van der Waals surface area (Å²) < 4.78 is 11.2. The van der Waals surface area contributed by atoms with Crippen LogP contribution >= 0.6 is 0 Å². The molecule has 3 nitrogen and oxygen atoms in total. The summed E-state index contributed by atoms with van der Waals surface area (Å²) >= 11 is 0. The zero-order valence-electron chi connectivity index (χ0n) is 14.7. The Morgan fingerprint density at radius 1 is 1.00 bits per heavy atom. The van der Waals surface area contributed by atoms with Gasteiger partial charge < -0.3 is 9.47 Å². The SMILES string of the molecule is CCC(C)COC(C)c1ccc(C(=O)OCc2ccccc2)cc1. The highest BCUT2D eigenvalue weighted by molar-refractivity contribution is 5.89. The molecule has 24 heavy (non-hydrogen) atoms. The van der Waals surface area contributed by atoms with E-state index in [0.29, 0.717) is 11.5 Å². The Balaban J connectivity index is 1.87. The molecular formula is C21H26O3. The lowest BCUT2D eigenvalue weighted by atomic mass is 10.1. The molecule has 0 aliphatic carbocycles. The number of carbonyl (C=O) groups excluding carboxylic acids is 1. The van der Waals surface area contributed by atoms with E-state index in [1.54, 1.807) is 12.1 Å². The first kappa shape index (κ1) is 18.2. The van der Waals surface area contributed by atoms with Gasteiger partial charge in [0, 0.05) is 6.61 Å². The zero-order chi connectivity index (χ0) is 17.4. The molecule has 0 aliphatic heterocycles. The topological polar surface area (TPSA) is 35.5 Å². The van der Waals surface area contributed by atoms with E-state index in [1.165, 1.54) is 0 Å². The summed E-state index contributed by atoms with van der Waals surface area (Å²) in [4.78, 5) is 12.1. The third kappa shape index (κ3) is 5.50. The third-order valence-electron chi connectivity index (χ3n) is 4.16. The van der Waals surface area contributed by atoms with Crippen molar-refractivity contribution in [2.45, 2.75) is 39.9 Å². The molecule has 2 aromatic rings. The van der Waals surface area contributed by atoms with Gasteiger partial charge in [-0.3, -0.25) is 0 Å². The monoisotopic (exact) mass is 326 g/mol. The van der Waals surface area contributed by atoms with Gasteiger partial charge in [0.1, 0.15) is 6.61 Å². The van der Waals surface area contributed by atoms with E-state index in [4.69, 9.17) is 9.47 Å². The minimum Gasteiger partial charge on any atom is -0.457 e. The molecule has 0 aliphatic rings. The molecule has 2 aromatic carbocycles. The quantitative estimate of drug-likeness (QED) is 0.628. The van der Waals surface area contributed by atoms with Crippen molar-refractivity contribution in [3.05, 3.63) is 71.3 Å². The molecule has 0 aromatic heterocycles. The molecule has 0 fully saturated rings. The third-order valence-corrected chi connectivity index (χ3v) is 4.16. The van der Waals surface area contributed by atoms with Crippen LogP contribution in [0.3, 0.4) is 0 Å². The number of esters is 1. The van der Waals surface area contributed by atoms with Crippen molar-refractivity contribution < 1.29 is 14.3 Å². The lowest BCUT2D eigenvalue weighted by molar-refractivity contribution is 0.0421. The van der Waals surface area contributed by atoms with Crippen molar-refractivity contribution in [1.82, 2.24) is 0 Å². The molecule has 0 radical (unpaired) electrons. The summed E-state index contributed by atoms with van der Waals surface area (Å²) in [6, 6.07) is 17.1. The number of ether oxygens (including phenoxy) is 2. The summed E-state index contributed by atoms with van der Waals surface area (Å²) in [6.07, 6.45) is 1.13. The summed E-state index contributed by atoms with van der Waals surface area (Å²) in [5.41, 5.74) is 2.61. The van der Waals surface area contributed by atoms with Gasteiger partial charge in [0.2, 0.25) is 0 Å². The lowest BCUT2D eigenvalue weighted by Crippen LogP contribution is -2.09. The Kier molecular flexibility index (Phi) is 7.01. The number of benzene rings is 2. The minimum absolute atomic E-state index is 0.0217. The first-order chi connectivity index (χ1) is 11.6. The van der Waals surface area contributed by atoms with Gasteiger partial charge in [0.05, 0.1) is 11.7 Å². The largest absolute Gasteiger partial charge is 0.457 e. The second-order valence-corrected chi connectivity index (χ2v) is 6.17. The minimum atomic E-state index is -0.307. The first-order valence-electron chi connectivity index (χ1n) is 8.52. The van der Waals surface area contributed by atoms with E-state index in [2.05, 4.69) is 13.8 Å². The van der Waals surface area contributed by atoms with E-state index >= 15 is 0 Å². The predicted molar refractivity (Wildman–Crippen MR) is 95.8 cm³/mol. The van der Waals surface area contributed by atoms with Crippen molar-refractivity contribution in [2.75, 3.05) is 6.61 Å². The fraction of sp³-hybridized carbons (Fsp3) is 0.381. The molecule has 0 saturated carbocycles. The highest BCUT2D eigenvalue weighted by Crippen LogP contribution is 2.19. The van der Waals surface area contributed by atoms with Crippen LogP contribution in [0.2, 0.25) is 0 Å². The van der Waals surface area contributed by atoms with E-state index in [-0.39, 0.29) is 18.7 Å². The van der Waals surface area contributed by atoms with Crippen LogP contribution in [0.15, 0.2) is 54.6 Å². The van der Waals surface area contributed by atoms with E-state index in [9.17, 15) is 4.79 Å². The second-order valence-electron chi connectivity index (χ2n) is 6.17. The van der Waals surface area contributed by atoms with Crippen molar-refractivity contribution in [3.8, 4) is 0 Å². The van der Waals surface area contributed by atoms with Gasteiger partial charge in [-0.25, -0.2) is 4.79 Å². The van der Waals surface area contributed by atoms with Gasteiger partial charge in [-0.05, 0) is 36.1 Å². The summed E-state index contributed by atoms with van der Waals surface area (Å²) in [6.45, 7) is 7.41. The van der Waals surface area contributed by atoms with Gasteiger partial charge in [-0.15, -0.1) is 0 Å². The Bertz CT molecular complexity index is 619. The van der Waals surface area contributed by atoms with Crippen LogP contribution in [0, 0.1) is 5.92 Å². The maximum atomic E-state index is 12.1. The smallest absolute Gasteiger partial charge is 0.338 e. The molecule has 0 spiro atoms. The number of rotatable bonds is 8. The van der Waals surface area contributed by atoms with Crippen LogP contribution in [0.4, 0.5) is 0 Å². The van der Waals surface area contributed by atoms with Gasteiger partial charge in [0.15, 0.2) is 0 Å². The molecule has 2 rings (SSSR count). The van der Waals surface area contributed by atoms with Crippen molar-refractivity contribution in [1.29, 1.82) is 0 Å². The Morgan fingerprint density at radius 3 is 2.29 bits per heavy atom. The molecule has 2 unspecified atom stereocenters. The maximum absolute atomic E-state index is 12.1. The predicted octanol–water partition coefficient (Wildman–Crippen LogP) is 5.17. The summed E-state index contributed by atoms with van der Waals surface area (Å²) in [5, 5.41) is 0. The number of hydrogen-bond acceptors (Lipinski definition) is 3. The highest BCUT2D eigenvalue weighted by atomic mass is 16.5. The molecule has 0 amide bonds. The van der Waals surface area contributed by atoms with Crippen molar-refractivity contribution in [3.63, 3.8) is 0 Å². The van der Waals surface area contributed by atoms with Crippen LogP contribution in [-0.4, -0.2) is 12.6 Å². The molecule has 0 bridgehead atoms. The van der Waals surface area contributed by atoms with Crippen LogP contribution in [0.5, 0.6) is 0 Å². The molecule has 2 atom stereocenters. The Morgan fingerprint density at radius 2 is 1.67 bits per heavy atom. The Hall–Kier alpha value is -2.13. The average molecular weight is 326 g/mol. The van der Waals surface area contributed by atoms with Crippen molar-refractivity contribution >= 4 is 5.97 Å². The van der Waals surface area contributed by atoms with Crippen LogP contribution in [0.25, 0.3) is 0 Å². The van der Waals surface area contributed by atoms with Gasteiger partial charge >= 0.3 is 5.97 Å². The maximum Gasteiger partial charge on any atom is 0.338 e. The summed E-state index contributed by atoms with van der Waals surface area (Å²) in [7, 11) is 0. The van der Waals surface area contributed by atoms with Gasteiger partial charge in [-0.1, -0.05) is 62.7 Å². The first-order valence-corrected chi connectivity index (χ1v) is 8.52. The normalized spacial score (nSPS) is 13.3. The Labute approximate surface area is 144 Å². The van der Waals surface area contributed by atoms with Gasteiger partial charge in [0.25, 0.3) is 0 Å². The molecule has 0 N–H and O–H groups in total. The highest BCUT2D eigenvalue weighted by Gasteiger charge is 2.11. The molecule has 128 valence electrons. The zero-order valence-corrected chi connectivity index (χ0v) is 14.7. The van der Waals surface area contributed by atoms with Crippen LogP contribution in [-0.2, 0) is 16.1 Å². The second kappa shape index (κ2) is 9.24. The molecular weight excluding hydrogens is 300 g/mol. The van der Waals surface area contributed by atoms with Crippen LogP contribution < -0.4 is 0 Å². The standard InChI is InChI=1S/C21H26O3/c1-4-16(2)14-23-17(3)19-10-12-20(13-11-19)21(22)24-15-18-8-6-5-7-9-18/h5-13,16-17H,4,14-15H2,1-3H3. The van der Waals surface area contributed by atoms with E-state index in [0.717, 1.165) is 24.2 Å². The van der Waals surface area contributed by atoms with Gasteiger partial charge in [-0.2, -0.15) is 0 Å². The van der Waals surface area contributed by atoms with Crippen molar-refractivity contribution in [2.24, 2.45) is 5.92 Å². The average Bonchev–Trinajstić information content (AvgIpc) is 2.64. The molecule has 3 heteroatoms. The van der Waals surface area contributed by atoms with E-state index in [1.807, 2.05) is 49.4 Å². The fourth-order valence-electron chi connectivity index (χ4n) is 2.22. The lowest BCUT2D eigenvalue weighted by Gasteiger charge is -2.16. The summed E-state index contributed by atoms with van der Waals surface area (Å²) in [5.74, 6) is 0.248. The molecule has 0 saturated heterocycles. The number of hydrogen-bond donors (Lipinski definition) is 0. The fourth-order valence-corrected chi connectivity index (χ4v) is 2.22. The molecule has 0 heterocycles. The number of carbonyl (C=O) groups is 1.